The molecule has 0 radical (unpaired) electrons. The average Bonchev–Trinajstić information content (AvgIpc) is 3.13. The van der Waals surface area contributed by atoms with E-state index in [9.17, 15) is 23.8 Å². The van der Waals surface area contributed by atoms with E-state index in [1.54, 1.807) is 0 Å². The summed E-state index contributed by atoms with van der Waals surface area (Å²) in [7, 11) is -4.70. The van der Waals surface area contributed by atoms with Crippen molar-refractivity contribution in [3.05, 3.63) is 0 Å². The summed E-state index contributed by atoms with van der Waals surface area (Å²) >= 11 is 0. The molecule has 0 bridgehead atoms. The number of phosphoric ester groups is 1. The van der Waals surface area contributed by atoms with Gasteiger partial charge in [-0.1, -0.05) is 187 Å². The summed E-state index contributed by atoms with van der Waals surface area (Å²) in [6.07, 6.45) is 34.5. The molecule has 0 fully saturated rings. The molecule has 0 aromatic heterocycles. The third-order valence-electron chi connectivity index (χ3n) is 9.61. The van der Waals surface area contributed by atoms with Crippen LogP contribution in [0.25, 0.3) is 0 Å². The van der Waals surface area contributed by atoms with Gasteiger partial charge in [-0.15, -0.1) is 0 Å². The Labute approximate surface area is 323 Å². The summed E-state index contributed by atoms with van der Waals surface area (Å²) in [5.74, 6) is -2.36. The number of rotatable bonds is 41. The molecule has 53 heavy (non-hydrogen) atoms. The lowest BCUT2D eigenvalue weighted by atomic mass is 10.0. The Morgan fingerprint density at radius 2 is 0.830 bits per heavy atom. The van der Waals surface area contributed by atoms with Gasteiger partial charge in [0, 0.05) is 12.8 Å². The molecule has 0 aliphatic rings. The molecular weight excluding hydrogens is 697 g/mol. The van der Waals surface area contributed by atoms with Crippen molar-refractivity contribution < 1.29 is 47.5 Å². The molecule has 0 aliphatic carbocycles. The highest BCUT2D eigenvalue weighted by Crippen LogP contribution is 2.43. The van der Waals surface area contributed by atoms with Crippen molar-refractivity contribution in [2.45, 2.75) is 225 Å². The molecule has 1 unspecified atom stereocenters. The molecule has 0 aliphatic heterocycles. The van der Waals surface area contributed by atoms with Gasteiger partial charge in [-0.05, 0) is 12.8 Å². The Morgan fingerprint density at radius 3 is 1.19 bits per heavy atom. The normalized spacial score (nSPS) is 13.7. The standard InChI is InChI=1S/C41H80NO10P/c1-3-5-7-9-11-13-15-17-19-21-23-25-27-29-31-33-40(44)52-37(35-50-53(47,48)51-36-38(42)41(45)46)34-49-39(43)32-30-28-26-24-22-20-18-16-14-12-10-8-6-4-2/h37-38H,3-36,42H2,1-2H3,(H,45,46)(H,47,48)/t37-,38+/m1/s1. The van der Waals surface area contributed by atoms with E-state index in [4.69, 9.17) is 24.8 Å². The third kappa shape index (κ3) is 37.2. The van der Waals surface area contributed by atoms with E-state index < -0.39 is 51.1 Å². The van der Waals surface area contributed by atoms with E-state index in [-0.39, 0.29) is 19.4 Å². The van der Waals surface area contributed by atoms with Crippen molar-refractivity contribution in [3.8, 4) is 0 Å². The number of esters is 2. The Hall–Kier alpha value is -1.52. The second-order valence-corrected chi connectivity index (χ2v) is 16.3. The number of carboxylic acids is 1. The Kier molecular flexibility index (Phi) is 36.3. The number of aliphatic carboxylic acids is 1. The summed E-state index contributed by atoms with van der Waals surface area (Å²) in [6.45, 7) is 2.83. The maximum atomic E-state index is 12.6. The highest BCUT2D eigenvalue weighted by Gasteiger charge is 2.28. The quantitative estimate of drug-likeness (QED) is 0.0306. The van der Waals surface area contributed by atoms with Crippen LogP contribution >= 0.6 is 7.82 Å². The predicted octanol–water partition coefficient (Wildman–Crippen LogP) is 11.1. The van der Waals surface area contributed by atoms with Gasteiger partial charge < -0.3 is 25.2 Å². The smallest absolute Gasteiger partial charge is 0.472 e. The zero-order valence-electron chi connectivity index (χ0n) is 33.9. The molecule has 0 saturated heterocycles. The summed E-state index contributed by atoms with van der Waals surface area (Å²) in [5.41, 5.74) is 5.33. The van der Waals surface area contributed by atoms with Crippen LogP contribution in [0.5, 0.6) is 0 Å². The lowest BCUT2D eigenvalue weighted by molar-refractivity contribution is -0.161. The minimum atomic E-state index is -4.70. The molecule has 3 atom stereocenters. The second kappa shape index (κ2) is 37.4. The molecule has 0 rings (SSSR count). The number of phosphoric acid groups is 1. The second-order valence-electron chi connectivity index (χ2n) is 14.8. The van der Waals surface area contributed by atoms with Crippen LogP contribution in [0.1, 0.15) is 213 Å². The first-order chi connectivity index (χ1) is 25.6. The molecule has 0 heterocycles. The monoisotopic (exact) mass is 778 g/mol. The molecule has 12 heteroatoms. The molecule has 314 valence electrons. The summed E-state index contributed by atoms with van der Waals surface area (Å²) in [6, 6.07) is -1.52. The SMILES string of the molecule is CCCCCCCCCCCCCCCCCC(=O)O[C@H](COC(=O)CCCCCCCCCCCCCCCC)COP(=O)(O)OC[C@H](N)C(=O)O. The highest BCUT2D eigenvalue weighted by molar-refractivity contribution is 7.47. The van der Waals surface area contributed by atoms with Gasteiger partial charge >= 0.3 is 25.7 Å². The van der Waals surface area contributed by atoms with Gasteiger partial charge in [0.15, 0.2) is 6.10 Å². The Morgan fingerprint density at radius 1 is 0.509 bits per heavy atom. The van der Waals surface area contributed by atoms with Crippen LogP contribution in [0.3, 0.4) is 0 Å². The predicted molar refractivity (Wildman–Crippen MR) is 213 cm³/mol. The molecule has 11 nitrogen and oxygen atoms in total. The van der Waals surface area contributed by atoms with Gasteiger partial charge in [-0.25, -0.2) is 4.57 Å². The lowest BCUT2D eigenvalue weighted by Crippen LogP contribution is -2.34. The third-order valence-corrected chi connectivity index (χ3v) is 10.6. The van der Waals surface area contributed by atoms with Crippen LogP contribution in [0.15, 0.2) is 0 Å². The van der Waals surface area contributed by atoms with Crippen molar-refractivity contribution >= 4 is 25.7 Å². The van der Waals surface area contributed by atoms with Gasteiger partial charge in [-0.3, -0.25) is 23.4 Å². The van der Waals surface area contributed by atoms with E-state index in [2.05, 4.69) is 18.4 Å². The van der Waals surface area contributed by atoms with Crippen LogP contribution in [-0.4, -0.2) is 59.9 Å². The number of hydrogen-bond donors (Lipinski definition) is 3. The van der Waals surface area contributed by atoms with E-state index >= 15 is 0 Å². The van der Waals surface area contributed by atoms with Crippen molar-refractivity contribution in [2.24, 2.45) is 5.73 Å². The van der Waals surface area contributed by atoms with Crippen LogP contribution in [0, 0.1) is 0 Å². The van der Waals surface area contributed by atoms with Crippen molar-refractivity contribution in [1.82, 2.24) is 0 Å². The Bertz CT molecular complexity index is 921. The van der Waals surface area contributed by atoms with Crippen LogP contribution in [0.2, 0.25) is 0 Å². The van der Waals surface area contributed by atoms with E-state index in [1.165, 1.54) is 135 Å². The molecule has 0 saturated carbocycles. The molecule has 0 aromatic rings. The Balaban J connectivity index is 4.33. The zero-order valence-corrected chi connectivity index (χ0v) is 34.8. The van der Waals surface area contributed by atoms with Gasteiger partial charge in [0.2, 0.25) is 0 Å². The van der Waals surface area contributed by atoms with E-state index in [1.807, 2.05) is 0 Å². The zero-order chi connectivity index (χ0) is 39.3. The fourth-order valence-corrected chi connectivity index (χ4v) is 6.96. The number of hydrogen-bond acceptors (Lipinski definition) is 9. The molecule has 0 aromatic carbocycles. The minimum absolute atomic E-state index is 0.169. The fourth-order valence-electron chi connectivity index (χ4n) is 6.18. The van der Waals surface area contributed by atoms with Gasteiger partial charge in [0.1, 0.15) is 12.6 Å². The number of unbranched alkanes of at least 4 members (excludes halogenated alkanes) is 27. The summed E-state index contributed by atoms with van der Waals surface area (Å²) in [4.78, 5) is 45.9. The first kappa shape index (κ1) is 51.5. The van der Waals surface area contributed by atoms with Gasteiger partial charge in [0.25, 0.3) is 0 Å². The number of carboxylic acid groups (broad SMARTS) is 1. The average molecular weight is 778 g/mol. The van der Waals surface area contributed by atoms with Gasteiger partial charge in [0.05, 0.1) is 13.2 Å². The molecular formula is C41H80NO10P. The maximum Gasteiger partial charge on any atom is 0.472 e. The largest absolute Gasteiger partial charge is 0.480 e. The number of carbonyl (C=O) groups is 3. The maximum absolute atomic E-state index is 12.6. The first-order valence-electron chi connectivity index (χ1n) is 21.6. The molecule has 0 spiro atoms. The lowest BCUT2D eigenvalue weighted by Gasteiger charge is -2.20. The molecule has 0 amide bonds. The number of ether oxygens (including phenoxy) is 2. The first-order valence-corrected chi connectivity index (χ1v) is 23.1. The summed E-state index contributed by atoms with van der Waals surface area (Å²) < 4.78 is 32.7. The minimum Gasteiger partial charge on any atom is -0.480 e. The summed E-state index contributed by atoms with van der Waals surface area (Å²) in [5, 5.41) is 8.88. The van der Waals surface area contributed by atoms with Crippen LogP contribution in [-0.2, 0) is 37.5 Å². The number of carbonyl (C=O) groups excluding carboxylic acids is 2. The van der Waals surface area contributed by atoms with Crippen molar-refractivity contribution in [3.63, 3.8) is 0 Å². The van der Waals surface area contributed by atoms with Crippen molar-refractivity contribution in [2.75, 3.05) is 19.8 Å². The fraction of sp³-hybridized carbons (Fsp3) is 0.927. The van der Waals surface area contributed by atoms with Gasteiger partial charge in [-0.2, -0.15) is 0 Å². The van der Waals surface area contributed by atoms with Crippen LogP contribution in [0.4, 0.5) is 0 Å². The highest BCUT2D eigenvalue weighted by atomic mass is 31.2. The van der Waals surface area contributed by atoms with Crippen molar-refractivity contribution in [1.29, 1.82) is 0 Å². The van der Waals surface area contributed by atoms with Crippen LogP contribution < -0.4 is 5.73 Å². The van der Waals surface area contributed by atoms with E-state index in [0.29, 0.717) is 12.8 Å². The number of nitrogens with two attached hydrogens (primary N) is 1. The van der Waals surface area contributed by atoms with E-state index in [0.717, 1.165) is 38.5 Å². The molecule has 4 N–H and O–H groups in total. The topological polar surface area (TPSA) is 172 Å².